The number of hydrogen-bond donors (Lipinski definition) is 3. The third kappa shape index (κ3) is 3.31. The van der Waals surface area contributed by atoms with Crippen LogP contribution in [0, 0.1) is 13.8 Å². The second-order valence-corrected chi connectivity index (χ2v) is 4.97. The predicted molar refractivity (Wildman–Crippen MR) is 73.9 cm³/mol. The van der Waals surface area contributed by atoms with Gasteiger partial charge >= 0.3 is 11.9 Å². The maximum Gasteiger partial charge on any atom is 0.356 e. The van der Waals surface area contributed by atoms with Crippen molar-refractivity contribution >= 4 is 11.9 Å². The molecule has 9 nitrogen and oxygen atoms in total. The van der Waals surface area contributed by atoms with Crippen molar-refractivity contribution < 1.29 is 24.9 Å². The molecule has 0 amide bonds. The minimum absolute atomic E-state index is 0.0841. The highest BCUT2D eigenvalue weighted by molar-refractivity contribution is 5.85. The number of carboxylic acids is 2. The number of aliphatic hydroxyl groups is 1. The molecule has 2 heterocycles. The van der Waals surface area contributed by atoms with Crippen molar-refractivity contribution in [3.05, 3.63) is 34.9 Å². The van der Waals surface area contributed by atoms with Crippen LogP contribution in [0.1, 0.15) is 32.4 Å². The fourth-order valence-corrected chi connectivity index (χ4v) is 2.06. The van der Waals surface area contributed by atoms with Crippen LogP contribution in [0.2, 0.25) is 0 Å². The van der Waals surface area contributed by atoms with Gasteiger partial charge in [0.25, 0.3) is 0 Å². The van der Waals surface area contributed by atoms with Crippen LogP contribution in [-0.4, -0.2) is 52.9 Å². The second-order valence-electron chi connectivity index (χ2n) is 4.97. The number of aromatic carboxylic acids is 2. The van der Waals surface area contributed by atoms with Gasteiger partial charge in [-0.3, -0.25) is 9.36 Å². The minimum atomic E-state index is -1.13. The molecule has 0 spiro atoms. The average Bonchev–Trinajstić information content (AvgIpc) is 2.95. The van der Waals surface area contributed by atoms with E-state index in [1.165, 1.54) is 21.5 Å². The van der Waals surface area contributed by atoms with Crippen molar-refractivity contribution in [3.63, 3.8) is 0 Å². The molecule has 0 atom stereocenters. The molecule has 0 unspecified atom stereocenters. The van der Waals surface area contributed by atoms with Crippen LogP contribution in [0.3, 0.4) is 0 Å². The number of aromatic nitrogens is 4. The molecular weight excluding hydrogens is 292 g/mol. The van der Waals surface area contributed by atoms with Gasteiger partial charge in [-0.05, 0) is 26.0 Å². The Hall–Kier alpha value is -2.68. The number of carbonyl (C=O) groups is 2. The standard InChI is InChI=1S/C13H16N4O5/c1-7-3-10(12(19)20)14-16(7)5-9(18)6-17-8(2)4-11(15-17)13(21)22/h3-4,9,18H,5-6H2,1-2H3,(H,19,20)(H,21,22). The van der Waals surface area contributed by atoms with E-state index < -0.39 is 18.0 Å². The smallest absolute Gasteiger partial charge is 0.356 e. The number of aryl methyl sites for hydroxylation is 2. The van der Waals surface area contributed by atoms with Gasteiger partial charge in [-0.1, -0.05) is 0 Å². The molecule has 0 aromatic carbocycles. The van der Waals surface area contributed by atoms with Crippen molar-refractivity contribution in [2.24, 2.45) is 0 Å². The lowest BCUT2D eigenvalue weighted by Gasteiger charge is -2.13. The van der Waals surface area contributed by atoms with Gasteiger partial charge in [-0.15, -0.1) is 0 Å². The van der Waals surface area contributed by atoms with E-state index in [1.807, 2.05) is 0 Å². The van der Waals surface area contributed by atoms with E-state index in [0.29, 0.717) is 11.4 Å². The third-order valence-corrected chi connectivity index (χ3v) is 3.17. The quantitative estimate of drug-likeness (QED) is 0.692. The summed E-state index contributed by atoms with van der Waals surface area (Å²) in [6.45, 7) is 3.54. The molecule has 118 valence electrons. The summed E-state index contributed by atoms with van der Waals surface area (Å²) in [4.78, 5) is 21.7. The van der Waals surface area contributed by atoms with Gasteiger partial charge in [0.1, 0.15) is 0 Å². The fraction of sp³-hybridized carbons (Fsp3) is 0.385. The molecule has 2 rings (SSSR count). The summed E-state index contributed by atoms with van der Waals surface area (Å²) in [6.07, 6.45) is -0.888. The van der Waals surface area contributed by atoms with Gasteiger partial charge in [0.15, 0.2) is 11.4 Å². The van der Waals surface area contributed by atoms with E-state index in [9.17, 15) is 14.7 Å². The van der Waals surface area contributed by atoms with Crippen LogP contribution in [0.15, 0.2) is 12.1 Å². The summed E-state index contributed by atoms with van der Waals surface area (Å²) in [5.74, 6) is -2.27. The molecular formula is C13H16N4O5. The molecule has 0 saturated carbocycles. The lowest BCUT2D eigenvalue weighted by Crippen LogP contribution is -2.24. The van der Waals surface area contributed by atoms with Gasteiger partial charge in [0.2, 0.25) is 0 Å². The van der Waals surface area contributed by atoms with Crippen LogP contribution >= 0.6 is 0 Å². The van der Waals surface area contributed by atoms with Gasteiger partial charge in [0.05, 0.1) is 19.2 Å². The normalized spacial score (nSPS) is 11.1. The van der Waals surface area contributed by atoms with E-state index in [2.05, 4.69) is 10.2 Å². The first-order valence-electron chi connectivity index (χ1n) is 6.51. The third-order valence-electron chi connectivity index (χ3n) is 3.17. The zero-order chi connectivity index (χ0) is 16.4. The van der Waals surface area contributed by atoms with Crippen LogP contribution in [0.25, 0.3) is 0 Å². The van der Waals surface area contributed by atoms with Gasteiger partial charge in [0, 0.05) is 11.4 Å². The number of hydrogen-bond acceptors (Lipinski definition) is 5. The lowest BCUT2D eigenvalue weighted by atomic mass is 10.3. The molecule has 0 radical (unpaired) electrons. The van der Waals surface area contributed by atoms with E-state index in [1.54, 1.807) is 13.8 Å². The molecule has 0 saturated heterocycles. The minimum Gasteiger partial charge on any atom is -0.476 e. The first-order chi connectivity index (χ1) is 10.3. The Balaban J connectivity index is 2.08. The van der Waals surface area contributed by atoms with Gasteiger partial charge in [-0.2, -0.15) is 10.2 Å². The Labute approximate surface area is 125 Å². The summed E-state index contributed by atoms with van der Waals surface area (Å²) in [5.41, 5.74) is 1.04. The number of nitrogens with zero attached hydrogens (tertiary/aromatic N) is 4. The summed E-state index contributed by atoms with van der Waals surface area (Å²) < 4.78 is 2.79. The first kappa shape index (κ1) is 15.7. The zero-order valence-corrected chi connectivity index (χ0v) is 12.1. The molecule has 9 heteroatoms. The van der Waals surface area contributed by atoms with Crippen LogP contribution in [0.4, 0.5) is 0 Å². The van der Waals surface area contributed by atoms with Crippen molar-refractivity contribution in [2.75, 3.05) is 0 Å². The maximum absolute atomic E-state index is 10.8. The molecule has 2 aromatic heterocycles. The van der Waals surface area contributed by atoms with Crippen molar-refractivity contribution in [1.29, 1.82) is 0 Å². The van der Waals surface area contributed by atoms with E-state index in [-0.39, 0.29) is 24.5 Å². The maximum atomic E-state index is 10.8. The molecule has 0 aliphatic carbocycles. The fourth-order valence-electron chi connectivity index (χ4n) is 2.06. The topological polar surface area (TPSA) is 130 Å². The highest BCUT2D eigenvalue weighted by Crippen LogP contribution is 2.08. The van der Waals surface area contributed by atoms with E-state index >= 15 is 0 Å². The first-order valence-corrected chi connectivity index (χ1v) is 6.51. The molecule has 22 heavy (non-hydrogen) atoms. The average molecular weight is 308 g/mol. The molecule has 0 aliphatic rings. The summed E-state index contributed by atoms with van der Waals surface area (Å²) in [5, 5.41) is 35.6. The Morgan fingerprint density at radius 2 is 1.36 bits per heavy atom. The van der Waals surface area contributed by atoms with E-state index in [0.717, 1.165) is 0 Å². The van der Waals surface area contributed by atoms with Crippen molar-refractivity contribution in [2.45, 2.75) is 33.0 Å². The number of aliphatic hydroxyl groups excluding tert-OH is 1. The largest absolute Gasteiger partial charge is 0.476 e. The molecule has 0 bridgehead atoms. The van der Waals surface area contributed by atoms with Crippen molar-refractivity contribution in [1.82, 2.24) is 19.6 Å². The van der Waals surface area contributed by atoms with Crippen molar-refractivity contribution in [3.8, 4) is 0 Å². The molecule has 0 fully saturated rings. The molecule has 0 aliphatic heterocycles. The SMILES string of the molecule is Cc1cc(C(=O)O)nn1CC(O)Cn1nc(C(=O)O)cc1C. The van der Waals surface area contributed by atoms with E-state index in [4.69, 9.17) is 10.2 Å². The molecule has 2 aromatic rings. The predicted octanol–water partition coefficient (Wildman–Crippen LogP) is 0.154. The van der Waals surface area contributed by atoms with Crippen LogP contribution in [-0.2, 0) is 13.1 Å². The van der Waals surface area contributed by atoms with Gasteiger partial charge < -0.3 is 15.3 Å². The summed E-state index contributed by atoms with van der Waals surface area (Å²) in [7, 11) is 0. The Morgan fingerprint density at radius 3 is 1.64 bits per heavy atom. The number of rotatable bonds is 6. The van der Waals surface area contributed by atoms with Gasteiger partial charge in [-0.25, -0.2) is 9.59 Å². The Kier molecular flexibility index (Phi) is 4.27. The Bertz CT molecular complexity index is 658. The van der Waals surface area contributed by atoms with Crippen LogP contribution < -0.4 is 0 Å². The highest BCUT2D eigenvalue weighted by atomic mass is 16.4. The monoisotopic (exact) mass is 308 g/mol. The highest BCUT2D eigenvalue weighted by Gasteiger charge is 2.16. The summed E-state index contributed by atoms with van der Waals surface area (Å²) >= 11 is 0. The number of carboxylic acid groups (broad SMARTS) is 2. The second kappa shape index (κ2) is 5.98. The zero-order valence-electron chi connectivity index (χ0n) is 12.1. The molecule has 3 N–H and O–H groups in total. The lowest BCUT2D eigenvalue weighted by molar-refractivity contribution is 0.0679. The van der Waals surface area contributed by atoms with Crippen LogP contribution in [0.5, 0.6) is 0 Å². The summed E-state index contributed by atoms with van der Waals surface area (Å²) in [6, 6.07) is 2.83. The Morgan fingerprint density at radius 1 is 1.00 bits per heavy atom.